The second kappa shape index (κ2) is 11.0. The van der Waals surface area contributed by atoms with Crippen LogP contribution in [0.15, 0.2) is 54.6 Å². The van der Waals surface area contributed by atoms with Gasteiger partial charge < -0.3 is 21.7 Å². The molecule has 0 aliphatic rings. The fourth-order valence-corrected chi connectivity index (χ4v) is 3.50. The summed E-state index contributed by atoms with van der Waals surface area (Å²) >= 11 is 0. The summed E-state index contributed by atoms with van der Waals surface area (Å²) in [5.41, 5.74) is 6.88. The molecule has 0 bridgehead atoms. The van der Waals surface area contributed by atoms with Crippen LogP contribution in [0.25, 0.3) is 21.5 Å². The van der Waals surface area contributed by atoms with Crippen molar-refractivity contribution in [1.29, 1.82) is 0 Å². The van der Waals surface area contributed by atoms with Gasteiger partial charge in [-0.15, -0.1) is 0 Å². The molecule has 0 radical (unpaired) electrons. The summed E-state index contributed by atoms with van der Waals surface area (Å²) in [5.74, 6) is 0. The van der Waals surface area contributed by atoms with E-state index < -0.39 is 0 Å². The molecule has 0 amide bonds. The van der Waals surface area contributed by atoms with Crippen molar-refractivity contribution in [1.82, 2.24) is 16.0 Å². The van der Waals surface area contributed by atoms with Crippen LogP contribution < -0.4 is 21.7 Å². The first-order valence-electron chi connectivity index (χ1n) is 10.1. The average molecular weight is 365 g/mol. The third-order valence-electron chi connectivity index (χ3n) is 4.93. The third kappa shape index (κ3) is 5.75. The number of hydrogen-bond donors (Lipinski definition) is 4. The molecule has 0 aromatic heterocycles. The van der Waals surface area contributed by atoms with Gasteiger partial charge in [0.2, 0.25) is 0 Å². The average Bonchev–Trinajstić information content (AvgIpc) is 2.71. The van der Waals surface area contributed by atoms with Crippen LogP contribution in [0.5, 0.6) is 0 Å². The number of hydrogen-bond acceptors (Lipinski definition) is 4. The van der Waals surface area contributed by atoms with Crippen LogP contribution in [0, 0.1) is 0 Å². The first-order valence-corrected chi connectivity index (χ1v) is 10.1. The van der Waals surface area contributed by atoms with E-state index in [0.29, 0.717) is 0 Å². The lowest BCUT2D eigenvalue weighted by molar-refractivity contribution is 0.569. The maximum Gasteiger partial charge on any atom is 0.0217 e. The Morgan fingerprint density at radius 1 is 0.630 bits per heavy atom. The Morgan fingerprint density at radius 2 is 1.19 bits per heavy atom. The SMILES string of the molecule is NCCCNCCNCCCNCc1c2ccccc2cc2ccccc12. The molecule has 0 unspecified atom stereocenters. The molecule has 0 saturated carbocycles. The Hall–Kier alpha value is -1.98. The summed E-state index contributed by atoms with van der Waals surface area (Å²) in [5, 5.41) is 15.8. The summed E-state index contributed by atoms with van der Waals surface area (Å²) in [4.78, 5) is 0. The zero-order valence-corrected chi connectivity index (χ0v) is 16.1. The highest BCUT2D eigenvalue weighted by molar-refractivity contribution is 6.02. The monoisotopic (exact) mass is 364 g/mol. The number of nitrogens with two attached hydrogens (primary N) is 1. The molecule has 144 valence electrons. The van der Waals surface area contributed by atoms with Gasteiger partial charge in [0.05, 0.1) is 0 Å². The Labute approximate surface area is 162 Å². The first-order chi connectivity index (χ1) is 13.4. The van der Waals surface area contributed by atoms with Gasteiger partial charge >= 0.3 is 0 Å². The van der Waals surface area contributed by atoms with Gasteiger partial charge in [-0.25, -0.2) is 0 Å². The number of benzene rings is 3. The Bertz CT molecular complexity index is 777. The van der Waals surface area contributed by atoms with Crippen molar-refractivity contribution in [3.63, 3.8) is 0 Å². The lowest BCUT2D eigenvalue weighted by Crippen LogP contribution is -2.30. The van der Waals surface area contributed by atoms with Gasteiger partial charge in [0.25, 0.3) is 0 Å². The highest BCUT2D eigenvalue weighted by Crippen LogP contribution is 2.28. The van der Waals surface area contributed by atoms with Gasteiger partial charge in [-0.3, -0.25) is 0 Å². The fraction of sp³-hybridized carbons (Fsp3) is 0.391. The van der Waals surface area contributed by atoms with Gasteiger partial charge in [-0.05, 0) is 72.2 Å². The van der Waals surface area contributed by atoms with Gasteiger partial charge in [0, 0.05) is 19.6 Å². The number of rotatable bonds is 12. The first kappa shape index (κ1) is 19.8. The van der Waals surface area contributed by atoms with E-state index in [9.17, 15) is 0 Å². The second-order valence-corrected chi connectivity index (χ2v) is 6.97. The van der Waals surface area contributed by atoms with Crippen molar-refractivity contribution in [2.75, 3.05) is 39.3 Å². The number of nitrogens with one attached hydrogen (secondary N) is 3. The molecule has 5 N–H and O–H groups in total. The molecule has 0 atom stereocenters. The molecular formula is C23H32N4. The van der Waals surface area contributed by atoms with Crippen LogP contribution in [-0.2, 0) is 6.54 Å². The highest BCUT2D eigenvalue weighted by atomic mass is 14.9. The van der Waals surface area contributed by atoms with E-state index in [2.05, 4.69) is 70.5 Å². The minimum absolute atomic E-state index is 0.762. The minimum Gasteiger partial charge on any atom is -0.330 e. The van der Waals surface area contributed by atoms with Crippen LogP contribution in [0.4, 0.5) is 0 Å². The van der Waals surface area contributed by atoms with Crippen molar-refractivity contribution in [3.8, 4) is 0 Å². The van der Waals surface area contributed by atoms with E-state index in [4.69, 9.17) is 5.73 Å². The normalized spacial score (nSPS) is 11.4. The van der Waals surface area contributed by atoms with Crippen molar-refractivity contribution in [2.45, 2.75) is 19.4 Å². The predicted molar refractivity (Wildman–Crippen MR) is 117 cm³/mol. The summed E-state index contributed by atoms with van der Waals surface area (Å²) in [6.07, 6.45) is 2.18. The molecule has 3 rings (SSSR count). The molecule has 0 heterocycles. The van der Waals surface area contributed by atoms with E-state index in [1.165, 1.54) is 27.1 Å². The zero-order chi connectivity index (χ0) is 18.7. The van der Waals surface area contributed by atoms with Crippen molar-refractivity contribution < 1.29 is 0 Å². The Kier molecular flexibility index (Phi) is 8.05. The standard InChI is InChI=1S/C23H32N4/c24-11-5-12-25-15-16-26-13-6-14-27-18-23-21-9-3-1-7-19(21)17-20-8-2-4-10-22(20)23/h1-4,7-10,17,25-27H,5-6,11-16,18,24H2. The van der Waals surface area contributed by atoms with E-state index in [0.717, 1.165) is 58.7 Å². The van der Waals surface area contributed by atoms with Crippen LogP contribution in [0.3, 0.4) is 0 Å². The number of fused-ring (bicyclic) bond motifs is 2. The van der Waals surface area contributed by atoms with Crippen molar-refractivity contribution >= 4 is 21.5 Å². The molecule has 0 aliphatic carbocycles. The van der Waals surface area contributed by atoms with Crippen molar-refractivity contribution in [3.05, 3.63) is 60.2 Å². The van der Waals surface area contributed by atoms with Gasteiger partial charge in [0.15, 0.2) is 0 Å². The van der Waals surface area contributed by atoms with Crippen LogP contribution in [0.2, 0.25) is 0 Å². The topological polar surface area (TPSA) is 62.1 Å². The second-order valence-electron chi connectivity index (χ2n) is 6.97. The predicted octanol–water partition coefficient (Wildman–Crippen LogP) is 3.00. The van der Waals surface area contributed by atoms with Crippen LogP contribution in [-0.4, -0.2) is 39.3 Å². The van der Waals surface area contributed by atoms with E-state index in [-0.39, 0.29) is 0 Å². The lowest BCUT2D eigenvalue weighted by Gasteiger charge is -2.13. The van der Waals surface area contributed by atoms with Crippen LogP contribution in [0.1, 0.15) is 18.4 Å². The minimum atomic E-state index is 0.762. The van der Waals surface area contributed by atoms with Gasteiger partial charge in [-0.2, -0.15) is 0 Å². The smallest absolute Gasteiger partial charge is 0.0217 e. The quantitative estimate of drug-likeness (QED) is 0.295. The molecule has 0 saturated heterocycles. The van der Waals surface area contributed by atoms with Crippen molar-refractivity contribution in [2.24, 2.45) is 5.73 Å². The lowest BCUT2D eigenvalue weighted by atomic mass is 9.97. The fourth-order valence-electron chi connectivity index (χ4n) is 3.50. The summed E-state index contributed by atoms with van der Waals surface area (Å²) in [6, 6.07) is 19.7. The molecule has 4 nitrogen and oxygen atoms in total. The van der Waals surface area contributed by atoms with Gasteiger partial charge in [-0.1, -0.05) is 48.5 Å². The largest absolute Gasteiger partial charge is 0.330 e. The van der Waals surface area contributed by atoms with E-state index >= 15 is 0 Å². The molecule has 0 fully saturated rings. The molecule has 3 aromatic carbocycles. The summed E-state index contributed by atoms with van der Waals surface area (Å²) in [6.45, 7) is 6.76. The zero-order valence-electron chi connectivity index (χ0n) is 16.1. The Balaban J connectivity index is 1.46. The maximum absolute atomic E-state index is 5.48. The molecular weight excluding hydrogens is 332 g/mol. The summed E-state index contributed by atoms with van der Waals surface area (Å²) in [7, 11) is 0. The molecule has 3 aromatic rings. The summed E-state index contributed by atoms with van der Waals surface area (Å²) < 4.78 is 0. The molecule has 27 heavy (non-hydrogen) atoms. The highest BCUT2D eigenvalue weighted by Gasteiger charge is 2.06. The van der Waals surface area contributed by atoms with Gasteiger partial charge in [0.1, 0.15) is 0 Å². The Morgan fingerprint density at radius 3 is 1.81 bits per heavy atom. The van der Waals surface area contributed by atoms with E-state index in [1.807, 2.05) is 0 Å². The molecule has 0 spiro atoms. The van der Waals surface area contributed by atoms with Crippen LogP contribution >= 0.6 is 0 Å². The van der Waals surface area contributed by atoms with E-state index in [1.54, 1.807) is 0 Å². The molecule has 0 aliphatic heterocycles. The maximum atomic E-state index is 5.48. The third-order valence-corrected chi connectivity index (χ3v) is 4.93. The molecule has 4 heteroatoms.